The maximum absolute atomic E-state index is 11.2. The average molecular weight is 238 g/mol. The van der Waals surface area contributed by atoms with Crippen molar-refractivity contribution >= 4 is 5.78 Å². The van der Waals surface area contributed by atoms with Crippen LogP contribution in [0, 0.1) is 17.8 Å². The summed E-state index contributed by atoms with van der Waals surface area (Å²) in [4.78, 5) is 11.2. The fourth-order valence-electron chi connectivity index (χ4n) is 2.64. The number of ketones is 1. The zero-order chi connectivity index (χ0) is 13.4. The summed E-state index contributed by atoms with van der Waals surface area (Å²) in [6, 6.07) is 0. The first-order valence-corrected chi connectivity index (χ1v) is 7.06. The van der Waals surface area contributed by atoms with Gasteiger partial charge in [0, 0.05) is 0 Å². The maximum Gasteiger partial charge on any atom is 0.155 e. The second-order valence-electron chi connectivity index (χ2n) is 5.85. The van der Waals surface area contributed by atoms with Crippen LogP contribution in [0.2, 0.25) is 0 Å². The van der Waals surface area contributed by atoms with Gasteiger partial charge in [0.05, 0.1) is 0 Å². The number of allylic oxidation sites excluding steroid dienone is 2. The summed E-state index contributed by atoms with van der Waals surface area (Å²) in [7, 11) is 0. The highest BCUT2D eigenvalue weighted by Crippen LogP contribution is 2.23. The van der Waals surface area contributed by atoms with E-state index in [0.29, 0.717) is 5.92 Å². The molecule has 1 heteroatoms. The quantitative estimate of drug-likeness (QED) is 0.543. The van der Waals surface area contributed by atoms with Gasteiger partial charge >= 0.3 is 0 Å². The Morgan fingerprint density at radius 1 is 1.06 bits per heavy atom. The van der Waals surface area contributed by atoms with Crippen molar-refractivity contribution in [2.24, 2.45) is 17.8 Å². The molecular weight excluding hydrogens is 208 g/mol. The molecule has 0 amide bonds. The predicted octanol–water partition coefficient (Wildman–Crippen LogP) is 5.01. The van der Waals surface area contributed by atoms with Gasteiger partial charge in [0.1, 0.15) is 0 Å². The third-order valence-electron chi connectivity index (χ3n) is 3.45. The van der Waals surface area contributed by atoms with Crippen molar-refractivity contribution in [2.75, 3.05) is 0 Å². The number of Topliss-reactive ketones (excluding diaryl/α,β-unsaturated/α-hetero) is 1. The number of carbonyl (C=O) groups excluding carboxylic acids is 1. The highest BCUT2D eigenvalue weighted by molar-refractivity contribution is 5.92. The van der Waals surface area contributed by atoms with Crippen LogP contribution in [0.3, 0.4) is 0 Å². The molecule has 0 radical (unpaired) electrons. The Labute approximate surface area is 108 Å². The molecule has 0 N–H and O–H groups in total. The molecule has 0 fully saturated rings. The van der Waals surface area contributed by atoms with E-state index in [9.17, 15) is 4.79 Å². The lowest BCUT2D eigenvalue weighted by Gasteiger charge is -2.19. The van der Waals surface area contributed by atoms with Crippen molar-refractivity contribution in [3.63, 3.8) is 0 Å². The van der Waals surface area contributed by atoms with Gasteiger partial charge in [-0.1, -0.05) is 46.6 Å². The van der Waals surface area contributed by atoms with Gasteiger partial charge in [-0.3, -0.25) is 4.79 Å². The summed E-state index contributed by atoms with van der Waals surface area (Å²) >= 11 is 0. The van der Waals surface area contributed by atoms with E-state index in [0.717, 1.165) is 17.4 Å². The molecule has 100 valence electrons. The van der Waals surface area contributed by atoms with Crippen LogP contribution in [0.4, 0.5) is 0 Å². The van der Waals surface area contributed by atoms with Crippen molar-refractivity contribution in [3.8, 4) is 0 Å². The zero-order valence-corrected chi connectivity index (χ0v) is 12.5. The molecule has 0 aromatic carbocycles. The topological polar surface area (TPSA) is 17.1 Å². The third-order valence-corrected chi connectivity index (χ3v) is 3.45. The normalized spacial score (nSPS) is 17.6. The molecule has 0 aromatic heterocycles. The van der Waals surface area contributed by atoms with Gasteiger partial charge in [0.2, 0.25) is 0 Å². The van der Waals surface area contributed by atoms with Gasteiger partial charge in [-0.2, -0.15) is 0 Å². The molecule has 17 heavy (non-hydrogen) atoms. The first-order chi connectivity index (χ1) is 7.86. The van der Waals surface area contributed by atoms with Crippen LogP contribution in [0.15, 0.2) is 11.6 Å². The Balaban J connectivity index is 4.07. The lowest BCUT2D eigenvalue weighted by atomic mass is 9.87. The molecule has 0 aliphatic rings. The molecule has 0 aliphatic heterocycles. The van der Waals surface area contributed by atoms with E-state index >= 15 is 0 Å². The summed E-state index contributed by atoms with van der Waals surface area (Å²) in [6.45, 7) is 12.7. The lowest BCUT2D eigenvalue weighted by molar-refractivity contribution is -0.113. The first kappa shape index (κ1) is 16.4. The highest BCUT2D eigenvalue weighted by atomic mass is 16.1. The standard InChI is InChI=1S/C16H30O/c1-7-8-12(2)9-13(3)10-14(4)11-15(5)16(6)17/h11-14H,7-10H2,1-6H3/b15-11+/t12-,13-,14-/m0/s1. The molecule has 1 nitrogen and oxygen atoms in total. The van der Waals surface area contributed by atoms with Crippen molar-refractivity contribution in [1.29, 1.82) is 0 Å². The number of carbonyl (C=O) groups is 1. The second kappa shape index (κ2) is 8.49. The van der Waals surface area contributed by atoms with Crippen molar-refractivity contribution < 1.29 is 4.79 Å². The predicted molar refractivity (Wildman–Crippen MR) is 76.1 cm³/mol. The Morgan fingerprint density at radius 3 is 2.12 bits per heavy atom. The lowest BCUT2D eigenvalue weighted by Crippen LogP contribution is -2.07. The zero-order valence-electron chi connectivity index (χ0n) is 12.5. The fourth-order valence-corrected chi connectivity index (χ4v) is 2.64. The van der Waals surface area contributed by atoms with Gasteiger partial charge in [-0.25, -0.2) is 0 Å². The molecule has 0 rings (SSSR count). The molecule has 0 unspecified atom stereocenters. The Hall–Kier alpha value is -0.590. The van der Waals surface area contributed by atoms with E-state index in [1.807, 2.05) is 6.92 Å². The average Bonchev–Trinajstić information content (AvgIpc) is 2.16. The Morgan fingerprint density at radius 2 is 1.65 bits per heavy atom. The summed E-state index contributed by atoms with van der Waals surface area (Å²) < 4.78 is 0. The van der Waals surface area contributed by atoms with Gasteiger partial charge in [0.25, 0.3) is 0 Å². The minimum atomic E-state index is 0.198. The minimum absolute atomic E-state index is 0.198. The number of hydrogen-bond donors (Lipinski definition) is 0. The van der Waals surface area contributed by atoms with Gasteiger partial charge in [-0.15, -0.1) is 0 Å². The van der Waals surface area contributed by atoms with E-state index in [2.05, 4.69) is 33.8 Å². The summed E-state index contributed by atoms with van der Waals surface area (Å²) in [6.07, 6.45) is 7.25. The monoisotopic (exact) mass is 238 g/mol. The SMILES string of the molecule is CCC[C@H](C)C[C@H](C)C[C@H](C)/C=C(\C)C(C)=O. The molecule has 0 spiro atoms. The molecule has 0 aliphatic carbocycles. The van der Waals surface area contributed by atoms with Gasteiger partial charge in [0.15, 0.2) is 5.78 Å². The van der Waals surface area contributed by atoms with Crippen LogP contribution >= 0.6 is 0 Å². The summed E-state index contributed by atoms with van der Waals surface area (Å²) in [5, 5.41) is 0. The summed E-state index contributed by atoms with van der Waals surface area (Å²) in [5.41, 5.74) is 0.909. The second-order valence-corrected chi connectivity index (χ2v) is 5.85. The highest BCUT2D eigenvalue weighted by Gasteiger charge is 2.11. The van der Waals surface area contributed by atoms with E-state index in [-0.39, 0.29) is 5.78 Å². The van der Waals surface area contributed by atoms with Crippen LogP contribution in [0.1, 0.15) is 67.2 Å². The Kier molecular flexibility index (Phi) is 8.20. The molecular formula is C16H30O. The Bertz CT molecular complexity index is 252. The first-order valence-electron chi connectivity index (χ1n) is 7.06. The van der Waals surface area contributed by atoms with Crippen LogP contribution in [-0.2, 0) is 4.79 Å². The molecule has 0 saturated carbocycles. The molecule has 0 bridgehead atoms. The molecule has 0 heterocycles. The van der Waals surface area contributed by atoms with E-state index < -0.39 is 0 Å². The third kappa shape index (κ3) is 8.18. The van der Waals surface area contributed by atoms with Crippen LogP contribution in [0.5, 0.6) is 0 Å². The number of rotatable bonds is 8. The number of hydrogen-bond acceptors (Lipinski definition) is 1. The fraction of sp³-hybridized carbons (Fsp3) is 0.812. The maximum atomic E-state index is 11.2. The summed E-state index contributed by atoms with van der Waals surface area (Å²) in [5.74, 6) is 2.30. The molecule has 3 atom stereocenters. The van der Waals surface area contributed by atoms with E-state index in [1.165, 1.54) is 25.7 Å². The van der Waals surface area contributed by atoms with Crippen LogP contribution in [-0.4, -0.2) is 5.78 Å². The van der Waals surface area contributed by atoms with E-state index in [4.69, 9.17) is 0 Å². The van der Waals surface area contributed by atoms with E-state index in [1.54, 1.807) is 6.92 Å². The largest absolute Gasteiger partial charge is 0.295 e. The van der Waals surface area contributed by atoms with Crippen LogP contribution in [0.25, 0.3) is 0 Å². The molecule has 0 aromatic rings. The minimum Gasteiger partial charge on any atom is -0.295 e. The molecule has 0 saturated heterocycles. The van der Waals surface area contributed by atoms with Crippen LogP contribution < -0.4 is 0 Å². The smallest absolute Gasteiger partial charge is 0.155 e. The van der Waals surface area contributed by atoms with Gasteiger partial charge < -0.3 is 0 Å². The van der Waals surface area contributed by atoms with Crippen molar-refractivity contribution in [1.82, 2.24) is 0 Å². The van der Waals surface area contributed by atoms with Gasteiger partial charge in [-0.05, 0) is 50.0 Å². The van der Waals surface area contributed by atoms with Crippen molar-refractivity contribution in [2.45, 2.75) is 67.2 Å². The van der Waals surface area contributed by atoms with Crippen molar-refractivity contribution in [3.05, 3.63) is 11.6 Å².